The highest BCUT2D eigenvalue weighted by Gasteiger charge is 2.21. The molecule has 0 aliphatic rings. The molecule has 0 aromatic heterocycles. The van der Waals surface area contributed by atoms with Gasteiger partial charge in [-0.1, -0.05) is 0 Å². The number of rotatable bonds is 8. The second-order valence-corrected chi connectivity index (χ2v) is 6.02. The van der Waals surface area contributed by atoms with Gasteiger partial charge in [0.25, 0.3) is 0 Å². The first kappa shape index (κ1) is 18.0. The minimum Gasteiger partial charge on any atom is -0.481 e. The van der Waals surface area contributed by atoms with Gasteiger partial charge in [-0.15, -0.1) is 0 Å². The zero-order valence-electron chi connectivity index (χ0n) is 11.2. The molecule has 6 nitrogen and oxygen atoms in total. The maximum absolute atomic E-state index is 11.5. The molecule has 0 spiro atoms. The number of thiocarbonyl (C=S) groups is 1. The molecular weight excluding hydrogens is 286 g/mol. The number of hydrogen-bond donors (Lipinski definition) is 5. The Morgan fingerprint density at radius 1 is 1.16 bits per heavy atom. The number of nitrogens with one attached hydrogen (secondary N) is 3. The quantitative estimate of drug-likeness (QED) is 0.249. The van der Waals surface area contributed by atoms with Crippen LogP contribution in [0.2, 0.25) is 0 Å². The van der Waals surface area contributed by atoms with Crippen LogP contribution in [0.25, 0.3) is 0 Å². The highest BCUT2D eigenvalue weighted by atomic mass is 32.1. The second kappa shape index (κ2) is 8.98. The molecule has 0 aliphatic carbocycles. The molecule has 0 saturated carbocycles. The van der Waals surface area contributed by atoms with Crippen LogP contribution in [0, 0.1) is 0 Å². The number of amides is 1. The van der Waals surface area contributed by atoms with E-state index in [4.69, 9.17) is 17.3 Å². The Bertz CT molecular complexity index is 330. The first-order valence-electron chi connectivity index (χ1n) is 5.97. The van der Waals surface area contributed by atoms with E-state index in [1.165, 1.54) is 0 Å². The standard InChI is InChI=1S/C11H21N3O3S2/c1-11(2,19)9(17)12-5-3-6-13-10(18)14-7-4-8(15)16/h19H,3-7H2,1-2H3,(H,12,17)(H,15,16)(H2,13,14,18). The summed E-state index contributed by atoms with van der Waals surface area (Å²) in [6, 6.07) is 0. The van der Waals surface area contributed by atoms with E-state index >= 15 is 0 Å². The van der Waals surface area contributed by atoms with Crippen molar-refractivity contribution in [2.45, 2.75) is 31.4 Å². The molecule has 8 heteroatoms. The summed E-state index contributed by atoms with van der Waals surface area (Å²) in [5.74, 6) is -0.981. The first-order chi connectivity index (χ1) is 8.73. The number of hydrogen-bond acceptors (Lipinski definition) is 4. The number of thiol groups is 1. The van der Waals surface area contributed by atoms with Gasteiger partial charge in [0.1, 0.15) is 0 Å². The van der Waals surface area contributed by atoms with Gasteiger partial charge in [0.15, 0.2) is 5.11 Å². The molecule has 0 aromatic rings. The summed E-state index contributed by atoms with van der Waals surface area (Å²) in [6.45, 7) is 4.89. The van der Waals surface area contributed by atoms with Gasteiger partial charge in [0.2, 0.25) is 5.91 Å². The van der Waals surface area contributed by atoms with Crippen LogP contribution in [0.3, 0.4) is 0 Å². The van der Waals surface area contributed by atoms with Crippen molar-refractivity contribution in [1.82, 2.24) is 16.0 Å². The lowest BCUT2D eigenvalue weighted by atomic mass is 10.2. The molecule has 0 heterocycles. The first-order valence-corrected chi connectivity index (χ1v) is 6.83. The third kappa shape index (κ3) is 10.6. The molecule has 0 atom stereocenters. The Labute approximate surface area is 124 Å². The van der Waals surface area contributed by atoms with Crippen molar-refractivity contribution in [3.63, 3.8) is 0 Å². The molecular formula is C11H21N3O3S2. The van der Waals surface area contributed by atoms with E-state index in [9.17, 15) is 9.59 Å². The zero-order chi connectivity index (χ0) is 14.9. The summed E-state index contributed by atoms with van der Waals surface area (Å²) < 4.78 is -0.679. The minimum atomic E-state index is -0.868. The minimum absolute atomic E-state index is 0.0227. The molecule has 0 aliphatic heterocycles. The van der Waals surface area contributed by atoms with Crippen LogP contribution in [-0.4, -0.2) is 46.5 Å². The number of carbonyl (C=O) groups excluding carboxylic acids is 1. The predicted molar refractivity (Wildman–Crippen MR) is 81.5 cm³/mol. The summed E-state index contributed by atoms with van der Waals surface area (Å²) >= 11 is 9.11. The molecule has 0 aromatic carbocycles. The highest BCUT2D eigenvalue weighted by Crippen LogP contribution is 2.10. The van der Waals surface area contributed by atoms with Gasteiger partial charge in [0, 0.05) is 19.6 Å². The smallest absolute Gasteiger partial charge is 0.305 e. The average molecular weight is 307 g/mol. The fourth-order valence-electron chi connectivity index (χ4n) is 1.05. The summed E-state index contributed by atoms with van der Waals surface area (Å²) in [5, 5.41) is 17.3. The van der Waals surface area contributed by atoms with Gasteiger partial charge < -0.3 is 21.1 Å². The monoisotopic (exact) mass is 307 g/mol. The van der Waals surface area contributed by atoms with E-state index in [1.807, 2.05) is 0 Å². The van der Waals surface area contributed by atoms with Gasteiger partial charge in [-0.3, -0.25) is 9.59 Å². The number of carboxylic acid groups (broad SMARTS) is 1. The van der Waals surface area contributed by atoms with E-state index in [0.29, 0.717) is 24.7 Å². The van der Waals surface area contributed by atoms with Crippen molar-refractivity contribution in [3.8, 4) is 0 Å². The zero-order valence-corrected chi connectivity index (χ0v) is 12.9. The third-order valence-corrected chi connectivity index (χ3v) is 2.60. The Hall–Kier alpha value is -1.02. The molecule has 0 unspecified atom stereocenters. The van der Waals surface area contributed by atoms with Crippen LogP contribution in [0.15, 0.2) is 0 Å². The molecule has 0 fully saturated rings. The second-order valence-electron chi connectivity index (χ2n) is 4.49. The summed E-state index contributed by atoms with van der Waals surface area (Å²) in [6.07, 6.45) is 0.741. The Morgan fingerprint density at radius 2 is 1.68 bits per heavy atom. The van der Waals surface area contributed by atoms with Crippen molar-refractivity contribution in [3.05, 3.63) is 0 Å². The molecule has 0 radical (unpaired) electrons. The average Bonchev–Trinajstić information content (AvgIpc) is 2.26. The lowest BCUT2D eigenvalue weighted by molar-refractivity contribution is -0.136. The highest BCUT2D eigenvalue weighted by molar-refractivity contribution is 7.82. The molecule has 0 saturated heterocycles. The van der Waals surface area contributed by atoms with Gasteiger partial charge in [-0.05, 0) is 32.5 Å². The van der Waals surface area contributed by atoms with E-state index in [2.05, 4.69) is 28.6 Å². The van der Waals surface area contributed by atoms with E-state index in [-0.39, 0.29) is 12.3 Å². The topological polar surface area (TPSA) is 90.5 Å². The van der Waals surface area contributed by atoms with Gasteiger partial charge >= 0.3 is 5.97 Å². The molecule has 0 bridgehead atoms. The fourth-order valence-corrected chi connectivity index (χ4v) is 1.34. The van der Waals surface area contributed by atoms with Gasteiger partial charge in [-0.2, -0.15) is 12.6 Å². The summed E-state index contributed by atoms with van der Waals surface area (Å²) in [5.41, 5.74) is 0. The Kier molecular flexibility index (Phi) is 8.49. The maximum Gasteiger partial charge on any atom is 0.305 e. The maximum atomic E-state index is 11.5. The largest absolute Gasteiger partial charge is 0.481 e. The van der Waals surface area contributed by atoms with Crippen LogP contribution in [0.4, 0.5) is 0 Å². The summed E-state index contributed by atoms with van der Waals surface area (Å²) in [7, 11) is 0. The lowest BCUT2D eigenvalue weighted by Crippen LogP contribution is -2.40. The SMILES string of the molecule is CC(C)(S)C(=O)NCCCNC(=S)NCCC(=O)O. The van der Waals surface area contributed by atoms with Gasteiger partial charge in [-0.25, -0.2) is 0 Å². The normalized spacial score (nSPS) is 10.7. The molecule has 4 N–H and O–H groups in total. The number of carbonyl (C=O) groups is 2. The van der Waals surface area contributed by atoms with Crippen molar-refractivity contribution >= 4 is 41.8 Å². The van der Waals surface area contributed by atoms with Crippen molar-refractivity contribution in [2.24, 2.45) is 0 Å². The van der Waals surface area contributed by atoms with Crippen molar-refractivity contribution in [2.75, 3.05) is 19.6 Å². The molecule has 110 valence electrons. The Balaban J connectivity index is 3.52. The van der Waals surface area contributed by atoms with E-state index in [0.717, 1.165) is 6.42 Å². The van der Waals surface area contributed by atoms with Crippen molar-refractivity contribution < 1.29 is 14.7 Å². The van der Waals surface area contributed by atoms with Crippen LogP contribution >= 0.6 is 24.8 Å². The fraction of sp³-hybridized carbons (Fsp3) is 0.727. The van der Waals surface area contributed by atoms with Crippen LogP contribution < -0.4 is 16.0 Å². The van der Waals surface area contributed by atoms with Crippen LogP contribution in [-0.2, 0) is 9.59 Å². The number of aliphatic carboxylic acids is 1. The molecule has 0 rings (SSSR count). The number of carboxylic acids is 1. The van der Waals surface area contributed by atoms with Crippen LogP contribution in [0.5, 0.6) is 0 Å². The summed E-state index contributed by atoms with van der Waals surface area (Å²) in [4.78, 5) is 21.7. The molecule has 19 heavy (non-hydrogen) atoms. The lowest BCUT2D eigenvalue weighted by Gasteiger charge is -2.16. The third-order valence-electron chi connectivity index (χ3n) is 2.10. The van der Waals surface area contributed by atoms with E-state index in [1.54, 1.807) is 13.8 Å². The predicted octanol–water partition coefficient (Wildman–Crippen LogP) is 0.140. The van der Waals surface area contributed by atoms with Gasteiger partial charge in [0.05, 0.1) is 11.2 Å². The van der Waals surface area contributed by atoms with E-state index < -0.39 is 10.7 Å². The Morgan fingerprint density at radius 3 is 2.21 bits per heavy atom. The van der Waals surface area contributed by atoms with Crippen molar-refractivity contribution in [1.29, 1.82) is 0 Å². The van der Waals surface area contributed by atoms with Crippen LogP contribution in [0.1, 0.15) is 26.7 Å². The molecule has 1 amide bonds.